The highest BCUT2D eigenvalue weighted by molar-refractivity contribution is 6.43. The molecule has 0 saturated carbocycles. The maximum absolute atomic E-state index is 12.3. The largest absolute Gasteiger partial charge is 0.451 e. The highest BCUT2D eigenvalue weighted by atomic mass is 35.5. The van der Waals surface area contributed by atoms with Crippen LogP contribution in [0.25, 0.3) is 11.3 Å². The second kappa shape index (κ2) is 6.89. The fourth-order valence-corrected chi connectivity index (χ4v) is 2.74. The molecule has 0 atom stereocenters. The molecule has 0 spiro atoms. The predicted octanol–water partition coefficient (Wildman–Crippen LogP) is 6.47. The van der Waals surface area contributed by atoms with Gasteiger partial charge in [-0.15, -0.1) is 0 Å². The molecule has 0 aliphatic rings. The molecule has 0 fully saturated rings. The third-order valence-electron chi connectivity index (χ3n) is 3.48. The summed E-state index contributed by atoms with van der Waals surface area (Å²) in [5.41, 5.74) is 2.15. The Bertz CT molecular complexity index is 918. The van der Waals surface area contributed by atoms with Crippen molar-refractivity contribution in [2.45, 2.75) is 6.92 Å². The normalized spacial score (nSPS) is 10.7. The number of carbonyl (C=O) groups excluding carboxylic acids is 1. The van der Waals surface area contributed by atoms with E-state index in [4.69, 9.17) is 39.2 Å². The van der Waals surface area contributed by atoms with Gasteiger partial charge in [0, 0.05) is 16.3 Å². The Hall–Kier alpha value is -1.94. The minimum Gasteiger partial charge on any atom is -0.451 e. The molecule has 1 heterocycles. The van der Waals surface area contributed by atoms with E-state index < -0.39 is 0 Å². The molecule has 3 rings (SSSR count). The number of anilines is 1. The van der Waals surface area contributed by atoms with Gasteiger partial charge in [-0.25, -0.2) is 0 Å². The number of hydrogen-bond donors (Lipinski definition) is 1. The van der Waals surface area contributed by atoms with Gasteiger partial charge in [0.1, 0.15) is 5.76 Å². The van der Waals surface area contributed by atoms with Crippen LogP contribution in [-0.4, -0.2) is 5.91 Å². The second-order valence-electron chi connectivity index (χ2n) is 5.18. The summed E-state index contributed by atoms with van der Waals surface area (Å²) in [6.45, 7) is 1.89. The molecule has 0 aliphatic carbocycles. The molecule has 122 valence electrons. The smallest absolute Gasteiger partial charge is 0.291 e. The number of benzene rings is 2. The lowest BCUT2D eigenvalue weighted by atomic mass is 10.2. The Balaban J connectivity index is 1.83. The monoisotopic (exact) mass is 379 g/mol. The Morgan fingerprint density at radius 3 is 2.54 bits per heavy atom. The van der Waals surface area contributed by atoms with Crippen molar-refractivity contribution in [3.05, 3.63) is 74.9 Å². The summed E-state index contributed by atoms with van der Waals surface area (Å²) in [5, 5.41) is 4.13. The van der Waals surface area contributed by atoms with Crippen LogP contribution in [-0.2, 0) is 0 Å². The number of rotatable bonds is 3. The SMILES string of the molecule is Cc1ccc(NC(=O)c2ccc(-c3cccc(Cl)c3Cl)o2)cc1Cl. The minimum absolute atomic E-state index is 0.165. The first kappa shape index (κ1) is 16.9. The third kappa shape index (κ3) is 3.44. The summed E-state index contributed by atoms with van der Waals surface area (Å²) in [4.78, 5) is 12.3. The van der Waals surface area contributed by atoms with Crippen molar-refractivity contribution in [1.29, 1.82) is 0 Å². The lowest BCUT2D eigenvalue weighted by molar-refractivity contribution is 0.0997. The lowest BCUT2D eigenvalue weighted by Crippen LogP contribution is -2.10. The molecule has 24 heavy (non-hydrogen) atoms. The highest BCUT2D eigenvalue weighted by Crippen LogP contribution is 2.34. The molecule has 0 bridgehead atoms. The average Bonchev–Trinajstić information content (AvgIpc) is 3.03. The van der Waals surface area contributed by atoms with E-state index in [2.05, 4.69) is 5.32 Å². The van der Waals surface area contributed by atoms with Gasteiger partial charge in [-0.3, -0.25) is 4.79 Å². The number of nitrogens with one attached hydrogen (secondary N) is 1. The first-order valence-electron chi connectivity index (χ1n) is 7.07. The summed E-state index contributed by atoms with van der Waals surface area (Å²) in [5.74, 6) is 0.256. The van der Waals surface area contributed by atoms with Crippen molar-refractivity contribution in [3.8, 4) is 11.3 Å². The van der Waals surface area contributed by atoms with Gasteiger partial charge in [-0.05, 0) is 48.9 Å². The molecule has 1 amide bonds. The summed E-state index contributed by atoms with van der Waals surface area (Å²) in [6.07, 6.45) is 0. The maximum atomic E-state index is 12.3. The van der Waals surface area contributed by atoms with Gasteiger partial charge in [0.05, 0.1) is 10.0 Å². The number of halogens is 3. The Morgan fingerprint density at radius 2 is 1.79 bits per heavy atom. The van der Waals surface area contributed by atoms with Crippen molar-refractivity contribution in [3.63, 3.8) is 0 Å². The fraction of sp³-hybridized carbons (Fsp3) is 0.0556. The molecule has 2 aromatic carbocycles. The van der Waals surface area contributed by atoms with E-state index >= 15 is 0 Å². The van der Waals surface area contributed by atoms with E-state index in [1.165, 1.54) is 0 Å². The van der Waals surface area contributed by atoms with E-state index in [0.717, 1.165) is 5.56 Å². The van der Waals surface area contributed by atoms with Crippen LogP contribution in [0.1, 0.15) is 16.1 Å². The number of hydrogen-bond acceptors (Lipinski definition) is 2. The summed E-state index contributed by atoms with van der Waals surface area (Å²) in [7, 11) is 0. The van der Waals surface area contributed by atoms with Gasteiger partial charge in [0.15, 0.2) is 5.76 Å². The van der Waals surface area contributed by atoms with Crippen LogP contribution in [0, 0.1) is 6.92 Å². The van der Waals surface area contributed by atoms with Crippen molar-refractivity contribution >= 4 is 46.4 Å². The lowest BCUT2D eigenvalue weighted by Gasteiger charge is -2.05. The van der Waals surface area contributed by atoms with E-state index in [1.807, 2.05) is 13.0 Å². The summed E-state index contributed by atoms with van der Waals surface area (Å²) >= 11 is 18.2. The molecule has 0 radical (unpaired) electrons. The Labute approximate surface area is 154 Å². The molecular weight excluding hydrogens is 369 g/mol. The van der Waals surface area contributed by atoms with Crippen molar-refractivity contribution in [1.82, 2.24) is 0 Å². The van der Waals surface area contributed by atoms with Crippen LogP contribution in [0.5, 0.6) is 0 Å². The molecule has 6 heteroatoms. The van der Waals surface area contributed by atoms with Gasteiger partial charge in [-0.1, -0.05) is 46.9 Å². The number of aryl methyl sites for hydroxylation is 1. The fourth-order valence-electron chi connectivity index (χ4n) is 2.16. The topological polar surface area (TPSA) is 42.2 Å². The predicted molar refractivity (Wildman–Crippen MR) is 98.3 cm³/mol. The van der Waals surface area contributed by atoms with Gasteiger partial charge in [0.25, 0.3) is 5.91 Å². The Kier molecular flexibility index (Phi) is 4.86. The van der Waals surface area contributed by atoms with Gasteiger partial charge < -0.3 is 9.73 Å². The summed E-state index contributed by atoms with van der Waals surface area (Å²) in [6, 6.07) is 13.8. The first-order valence-corrected chi connectivity index (χ1v) is 8.21. The zero-order chi connectivity index (χ0) is 17.3. The minimum atomic E-state index is -0.376. The van der Waals surface area contributed by atoms with Crippen LogP contribution >= 0.6 is 34.8 Å². The van der Waals surface area contributed by atoms with Gasteiger partial charge in [0.2, 0.25) is 0 Å². The summed E-state index contributed by atoms with van der Waals surface area (Å²) < 4.78 is 5.61. The van der Waals surface area contributed by atoms with Crippen LogP contribution in [0.2, 0.25) is 15.1 Å². The molecule has 1 aromatic heterocycles. The van der Waals surface area contributed by atoms with E-state index in [0.29, 0.717) is 32.1 Å². The number of furan rings is 1. The van der Waals surface area contributed by atoms with Crippen LogP contribution < -0.4 is 5.32 Å². The van der Waals surface area contributed by atoms with E-state index in [9.17, 15) is 4.79 Å². The molecular formula is C18H12Cl3NO2. The van der Waals surface area contributed by atoms with Crippen LogP contribution in [0.4, 0.5) is 5.69 Å². The second-order valence-corrected chi connectivity index (χ2v) is 6.38. The van der Waals surface area contributed by atoms with E-state index in [1.54, 1.807) is 42.5 Å². The van der Waals surface area contributed by atoms with Crippen LogP contribution in [0.3, 0.4) is 0 Å². The molecule has 3 nitrogen and oxygen atoms in total. The van der Waals surface area contributed by atoms with Gasteiger partial charge in [-0.2, -0.15) is 0 Å². The van der Waals surface area contributed by atoms with Crippen molar-refractivity contribution in [2.75, 3.05) is 5.32 Å². The first-order chi connectivity index (χ1) is 11.5. The van der Waals surface area contributed by atoms with Crippen molar-refractivity contribution in [2.24, 2.45) is 0 Å². The zero-order valence-corrected chi connectivity index (χ0v) is 14.8. The molecule has 0 saturated heterocycles. The van der Waals surface area contributed by atoms with E-state index in [-0.39, 0.29) is 11.7 Å². The van der Waals surface area contributed by atoms with Crippen LogP contribution in [0.15, 0.2) is 52.9 Å². The number of amides is 1. The molecule has 1 N–H and O–H groups in total. The molecule has 3 aromatic rings. The molecule has 0 unspecified atom stereocenters. The number of carbonyl (C=O) groups is 1. The van der Waals surface area contributed by atoms with Crippen molar-refractivity contribution < 1.29 is 9.21 Å². The average molecular weight is 381 g/mol. The molecule has 0 aliphatic heterocycles. The maximum Gasteiger partial charge on any atom is 0.291 e. The standard InChI is InChI=1S/C18H12Cl3NO2/c1-10-5-6-11(9-14(10)20)22-18(23)16-8-7-15(24-16)12-3-2-4-13(19)17(12)21/h2-9H,1H3,(H,22,23). The highest BCUT2D eigenvalue weighted by Gasteiger charge is 2.15. The Morgan fingerprint density at radius 1 is 1.00 bits per heavy atom. The third-order valence-corrected chi connectivity index (χ3v) is 4.70. The van der Waals surface area contributed by atoms with Gasteiger partial charge >= 0.3 is 0 Å². The zero-order valence-electron chi connectivity index (χ0n) is 12.6. The quantitative estimate of drug-likeness (QED) is 0.566.